The monoisotopic (exact) mass is 208 g/mol. The SMILES string of the molecule is C=CC.CCOC(=O)OC.O=C(O)O. The van der Waals surface area contributed by atoms with Crippen molar-refractivity contribution in [1.29, 1.82) is 0 Å². The van der Waals surface area contributed by atoms with Gasteiger partial charge in [0.05, 0.1) is 13.7 Å². The van der Waals surface area contributed by atoms with Gasteiger partial charge in [-0.05, 0) is 13.8 Å². The second-order valence-electron chi connectivity index (χ2n) is 1.58. The van der Waals surface area contributed by atoms with Gasteiger partial charge in [0, 0.05) is 0 Å². The summed E-state index contributed by atoms with van der Waals surface area (Å²) < 4.78 is 8.46. The number of ether oxygens (including phenoxy) is 2. The van der Waals surface area contributed by atoms with Crippen molar-refractivity contribution in [3.05, 3.63) is 12.7 Å². The van der Waals surface area contributed by atoms with Gasteiger partial charge >= 0.3 is 12.3 Å². The van der Waals surface area contributed by atoms with E-state index in [2.05, 4.69) is 16.1 Å². The molecule has 0 saturated heterocycles. The average Bonchev–Trinajstić information content (AvgIpc) is 2.05. The van der Waals surface area contributed by atoms with E-state index >= 15 is 0 Å². The Morgan fingerprint density at radius 1 is 1.43 bits per heavy atom. The van der Waals surface area contributed by atoms with Crippen LogP contribution in [0.2, 0.25) is 0 Å². The van der Waals surface area contributed by atoms with Crippen LogP contribution in [0.25, 0.3) is 0 Å². The van der Waals surface area contributed by atoms with Gasteiger partial charge in [0.15, 0.2) is 0 Å². The quantitative estimate of drug-likeness (QED) is 0.506. The van der Waals surface area contributed by atoms with E-state index in [9.17, 15) is 4.79 Å². The Bertz CT molecular complexity index is 150. The molecule has 14 heavy (non-hydrogen) atoms. The van der Waals surface area contributed by atoms with Crippen LogP contribution in [-0.4, -0.2) is 36.2 Å². The summed E-state index contributed by atoms with van der Waals surface area (Å²) in [5.41, 5.74) is 0. The molecule has 0 fully saturated rings. The number of carbonyl (C=O) groups is 2. The highest BCUT2D eigenvalue weighted by molar-refractivity contribution is 5.59. The molecule has 0 rings (SSSR count). The van der Waals surface area contributed by atoms with Gasteiger partial charge in [0.2, 0.25) is 0 Å². The number of allylic oxidation sites excluding steroid dienone is 1. The van der Waals surface area contributed by atoms with Crippen molar-refractivity contribution >= 4 is 12.3 Å². The molecule has 0 heterocycles. The lowest BCUT2D eigenvalue weighted by Gasteiger charge is -1.94. The van der Waals surface area contributed by atoms with Crippen molar-refractivity contribution in [2.75, 3.05) is 13.7 Å². The zero-order chi connectivity index (χ0) is 12.0. The highest BCUT2D eigenvalue weighted by Crippen LogP contribution is 1.77. The van der Waals surface area contributed by atoms with Crippen LogP contribution in [0, 0.1) is 0 Å². The normalized spacial score (nSPS) is 6.50. The molecule has 0 spiro atoms. The van der Waals surface area contributed by atoms with E-state index in [4.69, 9.17) is 15.0 Å². The highest BCUT2D eigenvalue weighted by Gasteiger charge is 1.92. The molecule has 6 heteroatoms. The summed E-state index contributed by atoms with van der Waals surface area (Å²) in [6.45, 7) is 7.34. The third-order valence-corrected chi connectivity index (χ3v) is 0.429. The number of carboxylic acid groups (broad SMARTS) is 2. The second-order valence-corrected chi connectivity index (χ2v) is 1.58. The van der Waals surface area contributed by atoms with Gasteiger partial charge in [-0.3, -0.25) is 0 Å². The van der Waals surface area contributed by atoms with Crippen LogP contribution in [0.1, 0.15) is 13.8 Å². The fourth-order valence-electron chi connectivity index (χ4n) is 0.177. The molecule has 0 amide bonds. The fourth-order valence-corrected chi connectivity index (χ4v) is 0.177. The molecule has 0 unspecified atom stereocenters. The van der Waals surface area contributed by atoms with Gasteiger partial charge < -0.3 is 19.7 Å². The van der Waals surface area contributed by atoms with E-state index < -0.39 is 12.3 Å². The fraction of sp³-hybridized carbons (Fsp3) is 0.500. The molecule has 0 aliphatic heterocycles. The molecule has 0 radical (unpaired) electrons. The van der Waals surface area contributed by atoms with Crippen LogP contribution < -0.4 is 0 Å². The summed E-state index contributed by atoms with van der Waals surface area (Å²) >= 11 is 0. The molecule has 0 aliphatic carbocycles. The smallest absolute Gasteiger partial charge is 0.450 e. The van der Waals surface area contributed by atoms with Crippen molar-refractivity contribution in [2.24, 2.45) is 0 Å². The Morgan fingerprint density at radius 3 is 1.79 bits per heavy atom. The number of rotatable bonds is 1. The van der Waals surface area contributed by atoms with Crippen LogP contribution >= 0.6 is 0 Å². The lowest BCUT2D eigenvalue weighted by atomic mass is 10.8. The molecule has 0 saturated carbocycles. The van der Waals surface area contributed by atoms with Crippen LogP contribution in [0.3, 0.4) is 0 Å². The topological polar surface area (TPSA) is 93.1 Å². The average molecular weight is 208 g/mol. The number of methoxy groups -OCH3 is 1. The summed E-state index contributed by atoms with van der Waals surface area (Å²) in [5.74, 6) is 0. The Morgan fingerprint density at radius 2 is 1.71 bits per heavy atom. The first kappa shape index (κ1) is 18.1. The van der Waals surface area contributed by atoms with E-state index in [0.717, 1.165) is 0 Å². The maximum Gasteiger partial charge on any atom is 0.507 e. The molecule has 0 bridgehead atoms. The van der Waals surface area contributed by atoms with Gasteiger partial charge in [-0.1, -0.05) is 6.08 Å². The standard InChI is InChI=1S/C4H8O3.C3H6.CH2O3/c1-3-7-4(5)6-2;1-3-2;2-1(3)4/h3H2,1-2H3;3H,1H2,2H3;(H2,2,3,4). The highest BCUT2D eigenvalue weighted by atomic mass is 16.7. The molecule has 0 aromatic rings. The summed E-state index contributed by atoms with van der Waals surface area (Å²) in [4.78, 5) is 18.5. The first-order chi connectivity index (χ1) is 6.45. The van der Waals surface area contributed by atoms with Gasteiger partial charge in [-0.15, -0.1) is 6.58 Å². The summed E-state index contributed by atoms with van der Waals surface area (Å²) in [5, 5.41) is 13.9. The Labute approximate surface area is 82.8 Å². The molecular weight excluding hydrogens is 192 g/mol. The molecule has 84 valence electrons. The van der Waals surface area contributed by atoms with Crippen molar-refractivity contribution in [3.63, 3.8) is 0 Å². The van der Waals surface area contributed by atoms with E-state index in [1.807, 2.05) is 6.92 Å². The minimum absolute atomic E-state index is 0.368. The molecule has 0 aromatic heterocycles. The van der Waals surface area contributed by atoms with Crippen LogP contribution in [-0.2, 0) is 9.47 Å². The van der Waals surface area contributed by atoms with E-state index in [-0.39, 0.29) is 0 Å². The van der Waals surface area contributed by atoms with E-state index in [1.165, 1.54) is 7.11 Å². The minimum atomic E-state index is -1.83. The zero-order valence-corrected chi connectivity index (χ0v) is 8.52. The van der Waals surface area contributed by atoms with Gasteiger partial charge in [-0.2, -0.15) is 0 Å². The molecule has 6 nitrogen and oxygen atoms in total. The number of hydrogen-bond donors (Lipinski definition) is 2. The van der Waals surface area contributed by atoms with Crippen molar-refractivity contribution < 1.29 is 29.3 Å². The minimum Gasteiger partial charge on any atom is -0.450 e. The van der Waals surface area contributed by atoms with Gasteiger partial charge in [0.25, 0.3) is 0 Å². The molecule has 0 aliphatic rings. The van der Waals surface area contributed by atoms with E-state index in [1.54, 1.807) is 13.0 Å². The lowest BCUT2D eigenvalue weighted by molar-refractivity contribution is 0.0771. The van der Waals surface area contributed by atoms with Crippen molar-refractivity contribution in [1.82, 2.24) is 0 Å². The van der Waals surface area contributed by atoms with Gasteiger partial charge in [-0.25, -0.2) is 9.59 Å². The van der Waals surface area contributed by atoms with E-state index in [0.29, 0.717) is 6.61 Å². The second kappa shape index (κ2) is 17.4. The maximum absolute atomic E-state index is 9.97. The summed E-state index contributed by atoms with van der Waals surface area (Å²) in [7, 11) is 1.28. The number of carbonyl (C=O) groups excluding carboxylic acids is 1. The Hall–Kier alpha value is -1.72. The first-order valence-corrected chi connectivity index (χ1v) is 3.65. The Balaban J connectivity index is -0.000000147. The molecule has 0 aromatic carbocycles. The van der Waals surface area contributed by atoms with Crippen molar-refractivity contribution in [3.8, 4) is 0 Å². The predicted octanol–water partition coefficient (Wildman–Crippen LogP) is 2.20. The van der Waals surface area contributed by atoms with Crippen molar-refractivity contribution in [2.45, 2.75) is 13.8 Å². The number of hydrogen-bond acceptors (Lipinski definition) is 4. The molecular formula is C8H16O6. The van der Waals surface area contributed by atoms with Crippen LogP contribution in [0.5, 0.6) is 0 Å². The lowest BCUT2D eigenvalue weighted by Crippen LogP contribution is -2.02. The van der Waals surface area contributed by atoms with Crippen LogP contribution in [0.4, 0.5) is 9.59 Å². The first-order valence-electron chi connectivity index (χ1n) is 3.65. The largest absolute Gasteiger partial charge is 0.507 e. The third-order valence-electron chi connectivity index (χ3n) is 0.429. The summed E-state index contributed by atoms with van der Waals surface area (Å²) in [6, 6.07) is 0. The predicted molar refractivity (Wildman–Crippen MR) is 50.6 cm³/mol. The molecule has 0 atom stereocenters. The van der Waals surface area contributed by atoms with Gasteiger partial charge in [0.1, 0.15) is 0 Å². The maximum atomic E-state index is 9.97. The van der Waals surface area contributed by atoms with Crippen LogP contribution in [0.15, 0.2) is 12.7 Å². The summed E-state index contributed by atoms with van der Waals surface area (Å²) in [6.07, 6.45) is -0.706. The zero-order valence-electron chi connectivity index (χ0n) is 8.52. The molecule has 2 N–H and O–H groups in total. The Kier molecular flexibility index (Phi) is 22.5. The third kappa shape index (κ3) is 82.3.